The molecule has 7 heteroatoms. The van der Waals surface area contributed by atoms with Crippen LogP contribution in [-0.4, -0.2) is 52.9 Å². The average molecular weight is 499 g/mol. The van der Waals surface area contributed by atoms with Crippen molar-refractivity contribution < 1.29 is 33.2 Å². The van der Waals surface area contributed by atoms with Crippen molar-refractivity contribution in [3.05, 3.63) is 71.3 Å². The molecule has 0 bridgehead atoms. The SMILES string of the molecule is COCO[C@@H]1C[C@H](CCOCc2ccc(OC)cc2)OC(=O)c2c(cccc2OC)C/C=C\C[C@@H]1C. The van der Waals surface area contributed by atoms with Gasteiger partial charge in [-0.3, -0.25) is 0 Å². The summed E-state index contributed by atoms with van der Waals surface area (Å²) in [5, 5.41) is 0. The number of cyclic esters (lactones) is 1. The van der Waals surface area contributed by atoms with Crippen LogP contribution in [0, 0.1) is 5.92 Å². The van der Waals surface area contributed by atoms with Gasteiger partial charge in [-0.25, -0.2) is 4.79 Å². The van der Waals surface area contributed by atoms with Gasteiger partial charge in [0, 0.05) is 20.0 Å². The first-order valence-electron chi connectivity index (χ1n) is 12.4. The topological polar surface area (TPSA) is 72.5 Å². The Labute approximate surface area is 214 Å². The molecule has 2 aromatic rings. The van der Waals surface area contributed by atoms with E-state index in [1.807, 2.05) is 36.4 Å². The first kappa shape index (κ1) is 27.7. The summed E-state index contributed by atoms with van der Waals surface area (Å²) >= 11 is 0. The molecule has 0 aromatic heterocycles. The lowest BCUT2D eigenvalue weighted by Gasteiger charge is -2.28. The quantitative estimate of drug-likeness (QED) is 0.189. The zero-order valence-electron chi connectivity index (χ0n) is 21.7. The Balaban J connectivity index is 1.75. The number of carbonyl (C=O) groups is 1. The van der Waals surface area contributed by atoms with E-state index < -0.39 is 5.97 Å². The predicted octanol–water partition coefficient (Wildman–Crippen LogP) is 5.35. The molecule has 0 radical (unpaired) electrons. The van der Waals surface area contributed by atoms with Crippen LogP contribution in [0.4, 0.5) is 0 Å². The Bertz CT molecular complexity index is 970. The number of esters is 1. The second-order valence-electron chi connectivity index (χ2n) is 8.95. The van der Waals surface area contributed by atoms with Crippen LogP contribution in [-0.2, 0) is 32.0 Å². The maximum Gasteiger partial charge on any atom is 0.342 e. The molecule has 0 spiro atoms. The molecule has 1 aliphatic rings. The summed E-state index contributed by atoms with van der Waals surface area (Å²) in [6, 6.07) is 13.4. The van der Waals surface area contributed by atoms with Gasteiger partial charge in [0.05, 0.1) is 33.5 Å². The number of hydrogen-bond acceptors (Lipinski definition) is 7. The molecular formula is C29H38O7. The molecule has 0 N–H and O–H groups in total. The highest BCUT2D eigenvalue weighted by Crippen LogP contribution is 2.28. The number of fused-ring (bicyclic) bond motifs is 1. The van der Waals surface area contributed by atoms with Crippen LogP contribution in [0.1, 0.15) is 47.7 Å². The summed E-state index contributed by atoms with van der Waals surface area (Å²) in [5.74, 6) is 1.15. The van der Waals surface area contributed by atoms with Crippen LogP contribution in [0.5, 0.6) is 11.5 Å². The Kier molecular flexibility index (Phi) is 11.3. The molecule has 0 unspecified atom stereocenters. The number of methoxy groups -OCH3 is 3. The van der Waals surface area contributed by atoms with Crippen molar-refractivity contribution in [1.82, 2.24) is 0 Å². The highest BCUT2D eigenvalue weighted by molar-refractivity contribution is 5.94. The normalized spacial score (nSPS) is 21.4. The van der Waals surface area contributed by atoms with E-state index in [0.717, 1.165) is 23.3 Å². The third kappa shape index (κ3) is 8.08. The van der Waals surface area contributed by atoms with E-state index in [-0.39, 0.29) is 24.9 Å². The maximum absolute atomic E-state index is 13.4. The van der Waals surface area contributed by atoms with E-state index in [9.17, 15) is 4.79 Å². The van der Waals surface area contributed by atoms with Crippen molar-refractivity contribution in [2.45, 2.75) is 51.4 Å². The van der Waals surface area contributed by atoms with Gasteiger partial charge in [0.1, 0.15) is 30.0 Å². The van der Waals surface area contributed by atoms with Crippen molar-refractivity contribution in [2.75, 3.05) is 34.7 Å². The van der Waals surface area contributed by atoms with Crippen LogP contribution in [0.3, 0.4) is 0 Å². The molecule has 1 heterocycles. The minimum absolute atomic E-state index is 0.134. The molecule has 3 atom stereocenters. The lowest BCUT2D eigenvalue weighted by molar-refractivity contribution is -0.104. The Morgan fingerprint density at radius 3 is 2.53 bits per heavy atom. The van der Waals surface area contributed by atoms with Gasteiger partial charge in [-0.05, 0) is 48.1 Å². The number of benzene rings is 2. The highest BCUT2D eigenvalue weighted by atomic mass is 16.7. The lowest BCUT2D eigenvalue weighted by Crippen LogP contribution is -2.32. The van der Waals surface area contributed by atoms with E-state index in [4.69, 9.17) is 28.4 Å². The molecule has 3 rings (SSSR count). The minimum atomic E-state index is -0.394. The van der Waals surface area contributed by atoms with Gasteiger partial charge < -0.3 is 28.4 Å². The Hall–Kier alpha value is -2.87. The lowest BCUT2D eigenvalue weighted by atomic mass is 9.93. The Morgan fingerprint density at radius 1 is 1.00 bits per heavy atom. The standard InChI is InChI=1S/C29H38O7/c1-21-8-5-6-9-23-10-7-11-26(33-4)28(23)29(30)36-25(18-27(21)35-20-31-2)16-17-34-19-22-12-14-24(32-3)15-13-22/h5-7,10-15,21,25,27H,8-9,16-20H2,1-4H3/b6-5-/t21-,25-,27+/m0/s1. The molecule has 7 nitrogen and oxygen atoms in total. The first-order chi connectivity index (χ1) is 17.5. The summed E-state index contributed by atoms with van der Waals surface area (Å²) in [6.07, 6.45) is 6.26. The third-order valence-corrected chi connectivity index (χ3v) is 6.36. The minimum Gasteiger partial charge on any atom is -0.497 e. The number of allylic oxidation sites excluding steroid dienone is 2. The van der Waals surface area contributed by atoms with Crippen molar-refractivity contribution in [3.63, 3.8) is 0 Å². The van der Waals surface area contributed by atoms with E-state index >= 15 is 0 Å². The van der Waals surface area contributed by atoms with E-state index in [1.165, 1.54) is 0 Å². The second kappa shape index (κ2) is 14.6. The predicted molar refractivity (Wildman–Crippen MR) is 137 cm³/mol. The van der Waals surface area contributed by atoms with Gasteiger partial charge in [-0.15, -0.1) is 0 Å². The summed E-state index contributed by atoms with van der Waals surface area (Å²) < 4.78 is 33.9. The molecule has 196 valence electrons. The van der Waals surface area contributed by atoms with Crippen molar-refractivity contribution >= 4 is 5.97 Å². The molecule has 0 saturated carbocycles. The molecule has 2 aromatic carbocycles. The van der Waals surface area contributed by atoms with Crippen LogP contribution < -0.4 is 9.47 Å². The molecule has 1 aliphatic heterocycles. The van der Waals surface area contributed by atoms with Gasteiger partial charge >= 0.3 is 5.97 Å². The summed E-state index contributed by atoms with van der Waals surface area (Å²) in [7, 11) is 4.81. The Morgan fingerprint density at radius 2 is 1.81 bits per heavy atom. The zero-order valence-corrected chi connectivity index (χ0v) is 21.7. The fourth-order valence-electron chi connectivity index (χ4n) is 4.26. The number of carbonyl (C=O) groups excluding carboxylic acids is 1. The zero-order chi connectivity index (χ0) is 25.8. The molecule has 0 saturated heterocycles. The van der Waals surface area contributed by atoms with E-state index in [1.54, 1.807) is 27.4 Å². The maximum atomic E-state index is 13.4. The molecular weight excluding hydrogens is 460 g/mol. The largest absolute Gasteiger partial charge is 0.497 e. The number of hydrogen-bond donors (Lipinski definition) is 0. The van der Waals surface area contributed by atoms with Crippen molar-refractivity contribution in [3.8, 4) is 11.5 Å². The van der Waals surface area contributed by atoms with Crippen molar-refractivity contribution in [1.29, 1.82) is 0 Å². The fourth-order valence-corrected chi connectivity index (χ4v) is 4.26. The smallest absolute Gasteiger partial charge is 0.342 e. The first-order valence-corrected chi connectivity index (χ1v) is 12.4. The van der Waals surface area contributed by atoms with Crippen LogP contribution in [0.25, 0.3) is 0 Å². The van der Waals surface area contributed by atoms with Crippen LogP contribution in [0.15, 0.2) is 54.6 Å². The molecule has 0 aliphatic carbocycles. The van der Waals surface area contributed by atoms with Gasteiger partial charge in [0.25, 0.3) is 0 Å². The third-order valence-electron chi connectivity index (χ3n) is 6.36. The van der Waals surface area contributed by atoms with Crippen LogP contribution in [0.2, 0.25) is 0 Å². The summed E-state index contributed by atoms with van der Waals surface area (Å²) in [6.45, 7) is 3.23. The average Bonchev–Trinajstić information content (AvgIpc) is 2.90. The number of ether oxygens (including phenoxy) is 6. The summed E-state index contributed by atoms with van der Waals surface area (Å²) in [5.41, 5.74) is 2.40. The molecule has 0 fully saturated rings. The molecule has 0 amide bonds. The van der Waals surface area contributed by atoms with Gasteiger partial charge in [0.15, 0.2) is 0 Å². The fraction of sp³-hybridized carbons (Fsp3) is 0.483. The van der Waals surface area contributed by atoms with Crippen LogP contribution >= 0.6 is 0 Å². The number of rotatable bonds is 10. The van der Waals surface area contributed by atoms with E-state index in [2.05, 4.69) is 19.1 Å². The van der Waals surface area contributed by atoms with Crippen molar-refractivity contribution in [2.24, 2.45) is 5.92 Å². The van der Waals surface area contributed by atoms with Gasteiger partial charge in [-0.1, -0.05) is 43.3 Å². The summed E-state index contributed by atoms with van der Waals surface area (Å²) in [4.78, 5) is 13.4. The monoisotopic (exact) mass is 498 g/mol. The second-order valence-corrected chi connectivity index (χ2v) is 8.95. The van der Waals surface area contributed by atoms with Gasteiger partial charge in [0.2, 0.25) is 0 Å². The van der Waals surface area contributed by atoms with E-state index in [0.29, 0.717) is 43.8 Å². The van der Waals surface area contributed by atoms with Gasteiger partial charge in [-0.2, -0.15) is 0 Å². The highest BCUT2D eigenvalue weighted by Gasteiger charge is 2.28. The molecule has 36 heavy (non-hydrogen) atoms.